The van der Waals surface area contributed by atoms with Crippen LogP contribution in [0.2, 0.25) is 5.02 Å². The van der Waals surface area contributed by atoms with Gasteiger partial charge < -0.3 is 14.5 Å². The van der Waals surface area contributed by atoms with E-state index < -0.39 is 15.9 Å². The van der Waals surface area contributed by atoms with Gasteiger partial charge in [0.1, 0.15) is 16.4 Å². The van der Waals surface area contributed by atoms with Crippen LogP contribution in [0.15, 0.2) is 70.2 Å². The Morgan fingerprint density at radius 1 is 1.14 bits per heavy atom. The molecule has 1 aromatic heterocycles. The van der Waals surface area contributed by atoms with Crippen LogP contribution in [0.25, 0.3) is 0 Å². The molecular weight excluding hydrogens is 416 g/mol. The van der Waals surface area contributed by atoms with Crippen molar-refractivity contribution < 1.29 is 22.4 Å². The van der Waals surface area contributed by atoms with Crippen LogP contribution in [0.1, 0.15) is 23.0 Å². The average molecular weight is 435 g/mol. The minimum atomic E-state index is -3.95. The molecule has 3 aromatic rings. The van der Waals surface area contributed by atoms with Crippen molar-refractivity contribution in [2.75, 3.05) is 11.9 Å². The van der Waals surface area contributed by atoms with E-state index >= 15 is 0 Å². The summed E-state index contributed by atoms with van der Waals surface area (Å²) in [6.07, 6.45) is 1.45. The Hall–Kier alpha value is -2.81. The molecule has 0 aliphatic rings. The van der Waals surface area contributed by atoms with Crippen LogP contribution in [-0.2, 0) is 16.6 Å². The summed E-state index contributed by atoms with van der Waals surface area (Å²) in [5.74, 6) is 0.676. The number of furan rings is 1. The molecule has 9 heteroatoms. The van der Waals surface area contributed by atoms with Crippen LogP contribution in [0.3, 0.4) is 0 Å². The average Bonchev–Trinajstić information content (AvgIpc) is 3.22. The molecule has 0 aliphatic carbocycles. The molecule has 0 radical (unpaired) electrons. The third-order valence-corrected chi connectivity index (χ3v) is 5.81. The first-order chi connectivity index (χ1) is 13.9. The molecular formula is C20H19ClN2O5S. The number of hydrogen-bond acceptors (Lipinski definition) is 5. The van der Waals surface area contributed by atoms with E-state index in [-0.39, 0.29) is 22.0 Å². The molecule has 0 unspecified atom stereocenters. The van der Waals surface area contributed by atoms with Crippen molar-refractivity contribution in [3.63, 3.8) is 0 Å². The van der Waals surface area contributed by atoms with Gasteiger partial charge in [0.15, 0.2) is 0 Å². The fourth-order valence-electron chi connectivity index (χ4n) is 2.51. The van der Waals surface area contributed by atoms with Crippen molar-refractivity contribution in [3.05, 3.63) is 77.2 Å². The number of carbonyl (C=O) groups excluding carboxylic acids is 1. The number of sulfonamides is 1. The monoisotopic (exact) mass is 434 g/mol. The lowest BCUT2D eigenvalue weighted by Gasteiger charge is -2.11. The Bertz CT molecular complexity index is 1080. The topological polar surface area (TPSA) is 97.6 Å². The maximum atomic E-state index is 12.6. The molecule has 1 heterocycles. The first kappa shape index (κ1) is 20.9. The van der Waals surface area contributed by atoms with E-state index in [9.17, 15) is 13.2 Å². The zero-order valence-electron chi connectivity index (χ0n) is 15.5. The van der Waals surface area contributed by atoms with Crippen LogP contribution in [0, 0.1) is 0 Å². The van der Waals surface area contributed by atoms with Crippen LogP contribution in [-0.4, -0.2) is 20.9 Å². The first-order valence-electron chi connectivity index (χ1n) is 8.75. The fraction of sp³-hybridized carbons (Fsp3) is 0.150. The Kier molecular flexibility index (Phi) is 6.58. The lowest BCUT2D eigenvalue weighted by atomic mass is 10.2. The van der Waals surface area contributed by atoms with Gasteiger partial charge >= 0.3 is 0 Å². The van der Waals surface area contributed by atoms with Crippen molar-refractivity contribution in [1.29, 1.82) is 0 Å². The molecule has 0 aliphatic heterocycles. The lowest BCUT2D eigenvalue weighted by molar-refractivity contribution is 0.102. The summed E-state index contributed by atoms with van der Waals surface area (Å²) >= 11 is 6.07. The van der Waals surface area contributed by atoms with Gasteiger partial charge in [0, 0.05) is 11.3 Å². The lowest BCUT2D eigenvalue weighted by Crippen LogP contribution is -2.24. The highest BCUT2D eigenvalue weighted by Crippen LogP contribution is 2.24. The van der Waals surface area contributed by atoms with E-state index in [0.29, 0.717) is 23.8 Å². The van der Waals surface area contributed by atoms with Crippen LogP contribution in [0.5, 0.6) is 5.75 Å². The third-order valence-electron chi connectivity index (χ3n) is 3.92. The summed E-state index contributed by atoms with van der Waals surface area (Å²) in [5, 5.41) is 2.72. The molecule has 7 nitrogen and oxygen atoms in total. The smallest absolute Gasteiger partial charge is 0.255 e. The SMILES string of the molecule is CCOc1ccc(NC(=O)c2ccc(Cl)c(S(=O)(=O)NCc3ccco3)c2)cc1. The van der Waals surface area contributed by atoms with Gasteiger partial charge in [-0.15, -0.1) is 0 Å². The van der Waals surface area contributed by atoms with Crippen LogP contribution >= 0.6 is 11.6 Å². The van der Waals surface area contributed by atoms with Gasteiger partial charge in [-0.3, -0.25) is 4.79 Å². The quantitative estimate of drug-likeness (QED) is 0.557. The number of carbonyl (C=O) groups is 1. The molecule has 1 amide bonds. The Morgan fingerprint density at radius 3 is 2.55 bits per heavy atom. The van der Waals surface area contributed by atoms with E-state index in [1.54, 1.807) is 36.4 Å². The highest BCUT2D eigenvalue weighted by molar-refractivity contribution is 7.89. The predicted molar refractivity (Wildman–Crippen MR) is 110 cm³/mol. The highest BCUT2D eigenvalue weighted by Gasteiger charge is 2.20. The zero-order chi connectivity index (χ0) is 20.9. The standard InChI is InChI=1S/C20H19ClN2O5S/c1-2-27-16-8-6-15(7-9-16)23-20(24)14-5-10-18(21)19(12-14)29(25,26)22-13-17-4-3-11-28-17/h3-12,22H,2,13H2,1H3,(H,23,24). The van der Waals surface area contributed by atoms with E-state index in [2.05, 4.69) is 10.0 Å². The molecule has 0 bridgehead atoms. The Labute approximate surface area is 173 Å². The minimum Gasteiger partial charge on any atom is -0.494 e. The van der Waals surface area contributed by atoms with Gasteiger partial charge in [0.2, 0.25) is 10.0 Å². The molecule has 29 heavy (non-hydrogen) atoms. The third kappa shape index (κ3) is 5.38. The number of halogens is 1. The number of hydrogen-bond donors (Lipinski definition) is 2. The summed E-state index contributed by atoms with van der Waals surface area (Å²) < 4.78 is 38.1. The number of benzene rings is 2. The van der Waals surface area contributed by atoms with Crippen molar-refractivity contribution >= 4 is 33.2 Å². The van der Waals surface area contributed by atoms with E-state index in [1.165, 1.54) is 24.5 Å². The largest absolute Gasteiger partial charge is 0.494 e. The summed E-state index contributed by atoms with van der Waals surface area (Å²) in [6.45, 7) is 2.39. The summed E-state index contributed by atoms with van der Waals surface area (Å²) in [4.78, 5) is 12.4. The summed E-state index contributed by atoms with van der Waals surface area (Å²) in [6, 6.07) is 14.2. The van der Waals surface area contributed by atoms with Gasteiger partial charge in [0.25, 0.3) is 5.91 Å². The first-order valence-corrected chi connectivity index (χ1v) is 10.6. The van der Waals surface area contributed by atoms with Crippen molar-refractivity contribution in [2.24, 2.45) is 0 Å². The molecule has 0 saturated carbocycles. The molecule has 0 atom stereocenters. The number of rotatable bonds is 8. The zero-order valence-corrected chi connectivity index (χ0v) is 17.1. The fourth-order valence-corrected chi connectivity index (χ4v) is 4.03. The van der Waals surface area contributed by atoms with Crippen LogP contribution < -0.4 is 14.8 Å². The maximum Gasteiger partial charge on any atom is 0.255 e. The summed E-state index contributed by atoms with van der Waals surface area (Å²) in [7, 11) is -3.95. The van der Waals surface area contributed by atoms with Gasteiger partial charge in [-0.2, -0.15) is 0 Å². The second-order valence-electron chi connectivity index (χ2n) is 5.96. The molecule has 152 valence electrons. The van der Waals surface area contributed by atoms with Crippen LogP contribution in [0.4, 0.5) is 5.69 Å². The van der Waals surface area contributed by atoms with Crippen molar-refractivity contribution in [3.8, 4) is 5.75 Å². The van der Waals surface area contributed by atoms with Gasteiger partial charge in [-0.1, -0.05) is 11.6 Å². The van der Waals surface area contributed by atoms with Crippen molar-refractivity contribution in [1.82, 2.24) is 4.72 Å². The van der Waals surface area contributed by atoms with Gasteiger partial charge in [-0.25, -0.2) is 13.1 Å². The number of anilines is 1. The molecule has 0 saturated heterocycles. The number of ether oxygens (including phenoxy) is 1. The molecule has 2 N–H and O–H groups in total. The van der Waals surface area contributed by atoms with E-state index in [1.807, 2.05) is 6.92 Å². The van der Waals surface area contributed by atoms with E-state index in [4.69, 9.17) is 20.8 Å². The van der Waals surface area contributed by atoms with Gasteiger partial charge in [0.05, 0.1) is 24.4 Å². The second-order valence-corrected chi connectivity index (χ2v) is 8.10. The van der Waals surface area contributed by atoms with E-state index in [0.717, 1.165) is 0 Å². The molecule has 2 aromatic carbocycles. The molecule has 3 rings (SSSR count). The number of amides is 1. The minimum absolute atomic E-state index is 0.00885. The highest BCUT2D eigenvalue weighted by atomic mass is 35.5. The Morgan fingerprint density at radius 2 is 1.90 bits per heavy atom. The Balaban J connectivity index is 1.75. The summed E-state index contributed by atoms with van der Waals surface area (Å²) in [5.41, 5.74) is 0.704. The normalized spacial score (nSPS) is 11.2. The maximum absolute atomic E-state index is 12.6. The second kappa shape index (κ2) is 9.13. The molecule has 0 fully saturated rings. The van der Waals surface area contributed by atoms with Crippen molar-refractivity contribution in [2.45, 2.75) is 18.4 Å². The van der Waals surface area contributed by atoms with Gasteiger partial charge in [-0.05, 0) is 61.5 Å². The molecule has 0 spiro atoms. The predicted octanol–water partition coefficient (Wildman–Crippen LogP) is 4.06. The number of nitrogens with one attached hydrogen (secondary N) is 2.